The molecule has 7 heteroatoms. The number of hydrogen-bond acceptors (Lipinski definition) is 6. The second-order valence-electron chi connectivity index (χ2n) is 8.43. The maximum absolute atomic E-state index is 12.4. The van der Waals surface area contributed by atoms with Crippen molar-refractivity contribution in [2.45, 2.75) is 13.2 Å². The minimum atomic E-state index is -0.157. The average Bonchev–Trinajstić information content (AvgIpc) is 3.30. The molecule has 0 radical (unpaired) electrons. The highest BCUT2D eigenvalue weighted by Crippen LogP contribution is 2.30. The van der Waals surface area contributed by atoms with Gasteiger partial charge in [0.05, 0.1) is 17.7 Å². The lowest BCUT2D eigenvalue weighted by Crippen LogP contribution is -2.19. The number of amides is 1. The number of carbonyl (C=O) groups excluding carboxylic acids is 1. The lowest BCUT2D eigenvalue weighted by atomic mass is 10.2. The molecule has 190 valence electrons. The van der Waals surface area contributed by atoms with Crippen molar-refractivity contribution in [3.63, 3.8) is 0 Å². The molecule has 0 atom stereocenters. The van der Waals surface area contributed by atoms with Gasteiger partial charge in [-0.25, -0.2) is 4.99 Å². The Hall–Kier alpha value is -4.49. The number of para-hydroxylation sites is 1. The van der Waals surface area contributed by atoms with E-state index >= 15 is 0 Å². The third-order valence-corrected chi connectivity index (χ3v) is 6.60. The third kappa shape index (κ3) is 6.63. The summed E-state index contributed by atoms with van der Waals surface area (Å²) in [6, 6.07) is 32.9. The summed E-state index contributed by atoms with van der Waals surface area (Å²) in [6.07, 6.45) is 1.84. The van der Waals surface area contributed by atoms with Gasteiger partial charge in [0.1, 0.15) is 19.0 Å². The number of rotatable bonds is 9. The first-order valence-corrected chi connectivity index (χ1v) is 12.9. The van der Waals surface area contributed by atoms with E-state index in [1.807, 2.05) is 109 Å². The highest BCUT2D eigenvalue weighted by atomic mass is 32.2. The summed E-state index contributed by atoms with van der Waals surface area (Å²) >= 11 is 1.32. The first kappa shape index (κ1) is 25.2. The van der Waals surface area contributed by atoms with Gasteiger partial charge in [0.2, 0.25) is 0 Å². The van der Waals surface area contributed by atoms with E-state index in [4.69, 9.17) is 14.2 Å². The summed E-state index contributed by atoms with van der Waals surface area (Å²) in [5.74, 6) is 1.91. The monoisotopic (exact) mass is 522 g/mol. The van der Waals surface area contributed by atoms with Crippen molar-refractivity contribution in [2.24, 2.45) is 4.99 Å². The number of benzene rings is 4. The molecule has 0 unspecified atom stereocenters. The van der Waals surface area contributed by atoms with Crippen LogP contribution in [0.15, 0.2) is 113 Å². The number of nitrogens with zero attached hydrogens (tertiary/aromatic N) is 1. The van der Waals surface area contributed by atoms with Crippen LogP contribution < -0.4 is 19.5 Å². The largest absolute Gasteiger partial charge is 0.493 e. The molecule has 0 bridgehead atoms. The van der Waals surface area contributed by atoms with Crippen LogP contribution in [0.2, 0.25) is 0 Å². The SMILES string of the molecule is COc1cc(COc2ccc(/C=C3/SC(=Nc4ccccc4)NC3=O)cc2)ccc1OCc1ccccc1. The Kier molecular flexibility index (Phi) is 8.06. The Labute approximate surface area is 226 Å². The van der Waals surface area contributed by atoms with E-state index in [0.29, 0.717) is 34.8 Å². The molecular weight excluding hydrogens is 496 g/mol. The minimum absolute atomic E-state index is 0.157. The maximum atomic E-state index is 12.4. The number of hydrogen-bond donors (Lipinski definition) is 1. The van der Waals surface area contributed by atoms with Crippen molar-refractivity contribution in [3.05, 3.63) is 125 Å². The number of nitrogens with one attached hydrogen (secondary N) is 1. The molecule has 0 aliphatic carbocycles. The smallest absolute Gasteiger partial charge is 0.264 e. The molecule has 1 aliphatic heterocycles. The van der Waals surface area contributed by atoms with E-state index in [1.165, 1.54) is 11.8 Å². The van der Waals surface area contributed by atoms with Gasteiger partial charge in [-0.05, 0) is 70.9 Å². The summed E-state index contributed by atoms with van der Waals surface area (Å²) in [5, 5.41) is 3.38. The molecule has 1 aliphatic rings. The van der Waals surface area contributed by atoms with E-state index in [-0.39, 0.29) is 5.91 Å². The zero-order chi connectivity index (χ0) is 26.2. The molecule has 1 N–H and O–H groups in total. The maximum Gasteiger partial charge on any atom is 0.264 e. The predicted molar refractivity (Wildman–Crippen MR) is 152 cm³/mol. The van der Waals surface area contributed by atoms with E-state index in [9.17, 15) is 4.79 Å². The van der Waals surface area contributed by atoms with Crippen LogP contribution in [0.4, 0.5) is 5.69 Å². The molecule has 1 fully saturated rings. The van der Waals surface area contributed by atoms with E-state index in [0.717, 1.165) is 28.1 Å². The quantitative estimate of drug-likeness (QED) is 0.247. The van der Waals surface area contributed by atoms with Gasteiger partial charge in [-0.3, -0.25) is 4.79 Å². The van der Waals surface area contributed by atoms with E-state index in [1.54, 1.807) is 7.11 Å². The van der Waals surface area contributed by atoms with Gasteiger partial charge in [0.25, 0.3) is 5.91 Å². The van der Waals surface area contributed by atoms with Crippen molar-refractivity contribution in [2.75, 3.05) is 7.11 Å². The normalized spacial score (nSPS) is 14.9. The van der Waals surface area contributed by atoms with Crippen LogP contribution in [0.3, 0.4) is 0 Å². The molecule has 0 aromatic heterocycles. The van der Waals surface area contributed by atoms with Gasteiger partial charge in [0.15, 0.2) is 16.7 Å². The van der Waals surface area contributed by atoms with Crippen LogP contribution in [0.1, 0.15) is 16.7 Å². The second kappa shape index (κ2) is 12.2. The number of carbonyl (C=O) groups is 1. The molecular formula is C31H26N2O4S. The highest BCUT2D eigenvalue weighted by molar-refractivity contribution is 8.18. The zero-order valence-electron chi connectivity index (χ0n) is 20.8. The molecule has 1 amide bonds. The lowest BCUT2D eigenvalue weighted by molar-refractivity contribution is -0.115. The van der Waals surface area contributed by atoms with Crippen molar-refractivity contribution in [1.82, 2.24) is 5.32 Å². The van der Waals surface area contributed by atoms with E-state index < -0.39 is 0 Å². The van der Waals surface area contributed by atoms with Gasteiger partial charge < -0.3 is 19.5 Å². The van der Waals surface area contributed by atoms with Crippen LogP contribution in [-0.2, 0) is 18.0 Å². The topological polar surface area (TPSA) is 69.2 Å². The summed E-state index contributed by atoms with van der Waals surface area (Å²) in [6.45, 7) is 0.851. The summed E-state index contributed by atoms with van der Waals surface area (Å²) < 4.78 is 17.4. The van der Waals surface area contributed by atoms with E-state index in [2.05, 4.69) is 10.3 Å². The Balaban J connectivity index is 1.17. The van der Waals surface area contributed by atoms with Gasteiger partial charge in [0, 0.05) is 0 Å². The molecule has 38 heavy (non-hydrogen) atoms. The second-order valence-corrected chi connectivity index (χ2v) is 9.47. The number of ether oxygens (including phenoxy) is 3. The molecule has 0 saturated carbocycles. The fraction of sp³-hybridized carbons (Fsp3) is 0.0968. The zero-order valence-corrected chi connectivity index (χ0v) is 21.6. The fourth-order valence-electron chi connectivity index (χ4n) is 3.73. The number of methoxy groups -OCH3 is 1. The first-order valence-electron chi connectivity index (χ1n) is 12.1. The van der Waals surface area contributed by atoms with Gasteiger partial charge in [-0.1, -0.05) is 66.7 Å². The summed E-state index contributed by atoms with van der Waals surface area (Å²) in [7, 11) is 1.63. The standard InChI is InChI=1S/C31H26N2O4S/c1-35-28-18-24(14-17-27(28)37-20-23-8-4-2-5-9-23)21-36-26-15-12-22(13-16-26)19-29-30(34)33-31(38-29)32-25-10-6-3-7-11-25/h2-19H,20-21H2,1H3,(H,32,33,34)/b29-19+. The number of aliphatic imine (C=N–C) groups is 1. The van der Waals surface area contributed by atoms with Crippen molar-refractivity contribution in [3.8, 4) is 17.2 Å². The molecule has 4 aromatic carbocycles. The number of thioether (sulfide) groups is 1. The van der Waals surface area contributed by atoms with Crippen LogP contribution in [0.5, 0.6) is 17.2 Å². The summed E-state index contributed by atoms with van der Waals surface area (Å²) in [5.41, 5.74) is 3.75. The predicted octanol–water partition coefficient (Wildman–Crippen LogP) is 6.74. The van der Waals surface area contributed by atoms with Crippen molar-refractivity contribution >= 4 is 34.6 Å². The Morgan fingerprint density at radius 2 is 1.50 bits per heavy atom. The van der Waals surface area contributed by atoms with Gasteiger partial charge in [-0.2, -0.15) is 0 Å². The fourth-order valence-corrected chi connectivity index (χ4v) is 4.58. The summed E-state index contributed by atoms with van der Waals surface area (Å²) in [4.78, 5) is 17.4. The Bertz CT molecular complexity index is 1450. The molecule has 0 spiro atoms. The first-order chi connectivity index (χ1) is 18.7. The Morgan fingerprint density at radius 3 is 2.24 bits per heavy atom. The van der Waals surface area contributed by atoms with Gasteiger partial charge >= 0.3 is 0 Å². The van der Waals surface area contributed by atoms with Gasteiger partial charge in [-0.15, -0.1) is 0 Å². The molecule has 1 saturated heterocycles. The molecule has 4 aromatic rings. The van der Waals surface area contributed by atoms with Crippen LogP contribution in [-0.4, -0.2) is 18.2 Å². The molecule has 5 rings (SSSR count). The van der Waals surface area contributed by atoms with Crippen LogP contribution in [0.25, 0.3) is 6.08 Å². The molecule has 6 nitrogen and oxygen atoms in total. The Morgan fingerprint density at radius 1 is 0.789 bits per heavy atom. The lowest BCUT2D eigenvalue weighted by Gasteiger charge is -2.13. The number of amidine groups is 1. The average molecular weight is 523 g/mol. The van der Waals surface area contributed by atoms with Crippen LogP contribution >= 0.6 is 11.8 Å². The van der Waals surface area contributed by atoms with Crippen molar-refractivity contribution in [1.29, 1.82) is 0 Å². The van der Waals surface area contributed by atoms with Crippen molar-refractivity contribution < 1.29 is 19.0 Å². The minimum Gasteiger partial charge on any atom is -0.493 e. The third-order valence-electron chi connectivity index (χ3n) is 5.69. The highest BCUT2D eigenvalue weighted by Gasteiger charge is 2.23. The molecule has 1 heterocycles. The van der Waals surface area contributed by atoms with Crippen LogP contribution in [0, 0.1) is 0 Å².